The first-order valence-electron chi connectivity index (χ1n) is 9.54. The summed E-state index contributed by atoms with van der Waals surface area (Å²) in [6.07, 6.45) is 8.05. The van der Waals surface area contributed by atoms with Crippen molar-refractivity contribution < 1.29 is 0 Å². The fourth-order valence-electron chi connectivity index (χ4n) is 4.07. The fraction of sp³-hybridized carbons (Fsp3) is 0.286. The van der Waals surface area contributed by atoms with E-state index in [1.54, 1.807) is 24.6 Å². The Morgan fingerprint density at radius 1 is 1.17 bits per heavy atom. The Hall–Kier alpha value is -2.64. The van der Waals surface area contributed by atoms with Gasteiger partial charge in [0, 0.05) is 36.9 Å². The maximum atomic E-state index is 12.8. The van der Waals surface area contributed by atoms with Gasteiger partial charge in [-0.05, 0) is 42.2 Å². The lowest BCUT2D eigenvalue weighted by atomic mass is 9.87. The number of rotatable bonds is 2. The summed E-state index contributed by atoms with van der Waals surface area (Å²) < 4.78 is 1.40. The highest BCUT2D eigenvalue weighted by molar-refractivity contribution is 7.16. The third-order valence-electron chi connectivity index (χ3n) is 5.54. The molecule has 0 spiro atoms. The van der Waals surface area contributed by atoms with Crippen LogP contribution in [0.5, 0.6) is 0 Å². The predicted molar refractivity (Wildman–Crippen MR) is 117 cm³/mol. The number of anilines is 1. The number of aromatic nitrogens is 3. The Morgan fingerprint density at radius 3 is 2.76 bits per heavy atom. The summed E-state index contributed by atoms with van der Waals surface area (Å²) in [6, 6.07) is 5.67. The van der Waals surface area contributed by atoms with E-state index in [0.29, 0.717) is 10.6 Å². The zero-order chi connectivity index (χ0) is 20.1. The molecule has 1 saturated heterocycles. The van der Waals surface area contributed by atoms with E-state index in [1.165, 1.54) is 17.4 Å². The van der Waals surface area contributed by atoms with Gasteiger partial charge in [-0.1, -0.05) is 35.1 Å². The minimum atomic E-state index is -0.432. The average Bonchev–Trinajstić information content (AvgIpc) is 3.33. The Bertz CT molecular complexity index is 1250. The Balaban J connectivity index is 1.76. The number of aromatic amines is 1. The molecule has 1 aliphatic carbocycles. The molecule has 29 heavy (non-hydrogen) atoms. The zero-order valence-electron chi connectivity index (χ0n) is 15.8. The molecule has 1 fully saturated rings. The number of hydrogen-bond acceptors (Lipinski definition) is 5. The van der Waals surface area contributed by atoms with Crippen LogP contribution in [0.2, 0.25) is 5.02 Å². The van der Waals surface area contributed by atoms with Crippen molar-refractivity contribution in [1.29, 1.82) is 0 Å². The second-order valence-electron chi connectivity index (χ2n) is 7.43. The van der Waals surface area contributed by atoms with Crippen LogP contribution in [0.25, 0.3) is 12.2 Å². The summed E-state index contributed by atoms with van der Waals surface area (Å²) in [5.41, 5.74) is 2.42. The maximum Gasteiger partial charge on any atom is 0.328 e. The molecule has 0 saturated carbocycles. The molecule has 1 unspecified atom stereocenters. The first-order valence-corrected chi connectivity index (χ1v) is 10.7. The molecule has 5 rings (SSSR count). The van der Waals surface area contributed by atoms with E-state index in [1.807, 2.05) is 24.3 Å². The van der Waals surface area contributed by atoms with Crippen LogP contribution in [-0.2, 0) is 7.05 Å². The van der Waals surface area contributed by atoms with Crippen LogP contribution in [0.1, 0.15) is 46.0 Å². The highest BCUT2D eigenvalue weighted by Crippen LogP contribution is 2.42. The smallest absolute Gasteiger partial charge is 0.328 e. The number of hydrogen-bond donors (Lipinski definition) is 1. The first kappa shape index (κ1) is 18.4. The van der Waals surface area contributed by atoms with Crippen molar-refractivity contribution >= 4 is 40.2 Å². The van der Waals surface area contributed by atoms with Gasteiger partial charge in [-0.15, -0.1) is 0 Å². The van der Waals surface area contributed by atoms with Gasteiger partial charge < -0.3 is 9.47 Å². The van der Waals surface area contributed by atoms with Crippen LogP contribution in [0.4, 0.5) is 5.13 Å². The first-order chi connectivity index (χ1) is 14.0. The molecule has 2 aliphatic rings. The quantitative estimate of drug-likeness (QED) is 0.533. The van der Waals surface area contributed by atoms with Crippen molar-refractivity contribution in [2.24, 2.45) is 7.05 Å². The molecular formula is C21H19ClN4O2S. The van der Waals surface area contributed by atoms with E-state index < -0.39 is 5.69 Å². The zero-order valence-corrected chi connectivity index (χ0v) is 17.4. The number of thiazole rings is 1. The molecule has 8 heteroatoms. The van der Waals surface area contributed by atoms with Gasteiger partial charge >= 0.3 is 5.69 Å². The van der Waals surface area contributed by atoms with Crippen molar-refractivity contribution in [3.05, 3.63) is 77.5 Å². The summed E-state index contributed by atoms with van der Waals surface area (Å²) in [4.78, 5) is 35.5. The fourth-order valence-corrected chi connectivity index (χ4v) is 5.31. The predicted octanol–water partition coefficient (Wildman–Crippen LogP) is 3.45. The summed E-state index contributed by atoms with van der Waals surface area (Å²) in [5.74, 6) is -0.379. The summed E-state index contributed by atoms with van der Waals surface area (Å²) >= 11 is 7.88. The lowest BCUT2D eigenvalue weighted by Crippen LogP contribution is -2.32. The third kappa shape index (κ3) is 3.14. The van der Waals surface area contributed by atoms with Gasteiger partial charge in [0.05, 0.1) is 16.5 Å². The van der Waals surface area contributed by atoms with Crippen LogP contribution < -0.4 is 16.1 Å². The van der Waals surface area contributed by atoms with Crippen molar-refractivity contribution in [3.63, 3.8) is 0 Å². The van der Waals surface area contributed by atoms with E-state index >= 15 is 0 Å². The Kier molecular flexibility index (Phi) is 4.44. The van der Waals surface area contributed by atoms with E-state index in [0.717, 1.165) is 39.9 Å². The second-order valence-corrected chi connectivity index (χ2v) is 8.88. The van der Waals surface area contributed by atoms with Crippen molar-refractivity contribution in [2.75, 3.05) is 18.0 Å². The Labute approximate surface area is 176 Å². The highest BCUT2D eigenvalue weighted by atomic mass is 35.5. The molecule has 148 valence electrons. The molecule has 1 atom stereocenters. The van der Waals surface area contributed by atoms with Gasteiger partial charge in [-0.25, -0.2) is 9.78 Å². The Morgan fingerprint density at radius 2 is 1.97 bits per heavy atom. The van der Waals surface area contributed by atoms with E-state index in [9.17, 15) is 9.59 Å². The van der Waals surface area contributed by atoms with Gasteiger partial charge in [0.2, 0.25) is 0 Å². The van der Waals surface area contributed by atoms with E-state index in [4.69, 9.17) is 16.6 Å². The number of fused-ring (bicyclic) bond motifs is 2. The largest absolute Gasteiger partial charge is 0.348 e. The lowest BCUT2D eigenvalue weighted by Gasteiger charge is -2.18. The van der Waals surface area contributed by atoms with Gasteiger partial charge in [0.15, 0.2) is 5.13 Å². The molecule has 1 aliphatic heterocycles. The second kappa shape index (κ2) is 7.00. The molecule has 1 aromatic carbocycles. The van der Waals surface area contributed by atoms with Crippen LogP contribution >= 0.6 is 22.9 Å². The van der Waals surface area contributed by atoms with Crippen molar-refractivity contribution in [2.45, 2.75) is 18.8 Å². The summed E-state index contributed by atoms with van der Waals surface area (Å²) in [7, 11) is 1.64. The number of nitrogens with one attached hydrogen (secondary N) is 1. The monoisotopic (exact) mass is 426 g/mol. The van der Waals surface area contributed by atoms with Crippen LogP contribution in [0.15, 0.2) is 34.0 Å². The normalized spacial score (nSPS) is 17.9. The van der Waals surface area contributed by atoms with Gasteiger partial charge in [0.25, 0.3) is 5.56 Å². The molecule has 0 amide bonds. The molecule has 0 radical (unpaired) electrons. The van der Waals surface area contributed by atoms with Crippen molar-refractivity contribution in [1.82, 2.24) is 14.5 Å². The number of H-pyrrole nitrogens is 1. The molecule has 3 heterocycles. The number of halogens is 1. The van der Waals surface area contributed by atoms with Crippen molar-refractivity contribution in [3.8, 4) is 0 Å². The minimum Gasteiger partial charge on any atom is -0.348 e. The van der Waals surface area contributed by atoms with Gasteiger partial charge in [0.1, 0.15) is 0 Å². The number of benzene rings is 1. The van der Waals surface area contributed by atoms with Gasteiger partial charge in [-0.2, -0.15) is 0 Å². The molecular weight excluding hydrogens is 408 g/mol. The highest BCUT2D eigenvalue weighted by Gasteiger charge is 2.31. The number of nitrogens with zero attached hydrogens (tertiary/aromatic N) is 3. The van der Waals surface area contributed by atoms with Crippen LogP contribution in [0, 0.1) is 0 Å². The van der Waals surface area contributed by atoms with E-state index in [-0.39, 0.29) is 11.5 Å². The van der Waals surface area contributed by atoms with Crippen LogP contribution in [0.3, 0.4) is 0 Å². The lowest BCUT2D eigenvalue weighted by molar-refractivity contribution is 0.760. The third-order valence-corrected chi connectivity index (χ3v) is 6.87. The molecule has 3 aromatic rings. The maximum absolute atomic E-state index is 12.8. The average molecular weight is 427 g/mol. The van der Waals surface area contributed by atoms with Crippen LogP contribution in [-0.4, -0.2) is 27.6 Å². The molecule has 2 aromatic heterocycles. The molecule has 1 N–H and O–H groups in total. The minimum absolute atomic E-state index is 0.379. The van der Waals surface area contributed by atoms with E-state index in [2.05, 4.69) is 16.0 Å². The molecule has 6 nitrogen and oxygen atoms in total. The summed E-state index contributed by atoms with van der Waals surface area (Å²) in [5, 5.41) is 1.62. The summed E-state index contributed by atoms with van der Waals surface area (Å²) in [6.45, 7) is 2.01. The van der Waals surface area contributed by atoms with Gasteiger partial charge in [-0.3, -0.25) is 9.78 Å². The number of aryl methyl sites for hydroxylation is 1. The standard InChI is InChI=1S/C21H19ClN4O2S/c1-25-11-15(19(27)24-20(25)28)17-14-6-5-13(22)10-12(14)4-7-16-18(17)23-21(29-16)26-8-2-3-9-26/h4-7,10-11,17H,2-3,8-9H2,1H3,(H,24,27,28). The topological polar surface area (TPSA) is 71.0 Å². The molecule has 0 bridgehead atoms. The SMILES string of the molecule is Cn1cc(C2c3ccc(Cl)cc3C=Cc3sc(N4CCCC4)nc32)c(=O)[nH]c1=O.